The quantitative estimate of drug-likeness (QED) is 0.510. The van der Waals surface area contributed by atoms with Gasteiger partial charge in [-0.3, -0.25) is 4.79 Å². The lowest BCUT2D eigenvalue weighted by Crippen LogP contribution is -2.25. The first kappa shape index (κ1) is 12.2. The van der Waals surface area contributed by atoms with Crippen LogP contribution in [0.1, 0.15) is 27.2 Å². The molecule has 0 amide bonds. The maximum Gasteiger partial charge on any atom is 0.309 e. The summed E-state index contributed by atoms with van der Waals surface area (Å²) >= 11 is 0. The topological polar surface area (TPSA) is 46.5 Å². The van der Waals surface area contributed by atoms with Crippen LogP contribution >= 0.6 is 0 Å². The van der Waals surface area contributed by atoms with Gasteiger partial charge in [0.15, 0.2) is 0 Å². The summed E-state index contributed by atoms with van der Waals surface area (Å²) in [6.45, 7) is 6.38. The summed E-state index contributed by atoms with van der Waals surface area (Å²) in [5.74, 6) is -0.776. The Hall–Kier alpha value is -0.830. The van der Waals surface area contributed by atoms with Gasteiger partial charge in [0.2, 0.25) is 0 Å². The average Bonchev–Trinajstić information content (AvgIpc) is 2.03. The van der Waals surface area contributed by atoms with Crippen molar-refractivity contribution in [3.05, 3.63) is 12.2 Å². The molecule has 0 atom stereocenters. The second-order valence-electron chi connectivity index (χ2n) is 3.58. The van der Waals surface area contributed by atoms with Crippen LogP contribution in [0.15, 0.2) is 12.2 Å². The molecule has 0 saturated carbocycles. The predicted molar refractivity (Wildman–Crippen MR) is 51.7 cm³/mol. The first-order chi connectivity index (χ1) is 6.00. The zero-order valence-corrected chi connectivity index (χ0v) is 8.54. The number of carboxylic acid groups (broad SMARTS) is 1. The summed E-state index contributed by atoms with van der Waals surface area (Å²) in [7, 11) is 0. The smallest absolute Gasteiger partial charge is 0.309 e. The summed E-state index contributed by atoms with van der Waals surface area (Å²) in [4.78, 5) is 10.7. The van der Waals surface area contributed by atoms with Crippen molar-refractivity contribution in [1.82, 2.24) is 0 Å². The van der Waals surface area contributed by atoms with Gasteiger partial charge in [0, 0.05) is 6.61 Å². The Kier molecular flexibility index (Phi) is 5.39. The summed E-state index contributed by atoms with van der Waals surface area (Å²) in [6.07, 6.45) is 4.34. The molecule has 0 aromatic heterocycles. The molecule has 0 rings (SSSR count). The monoisotopic (exact) mass is 186 g/mol. The minimum Gasteiger partial charge on any atom is -0.481 e. The van der Waals surface area contributed by atoms with Gasteiger partial charge in [-0.2, -0.15) is 0 Å². The number of carboxylic acids is 1. The lowest BCUT2D eigenvalue weighted by molar-refractivity contribution is -0.147. The zero-order chi connectivity index (χ0) is 10.3. The van der Waals surface area contributed by atoms with E-state index in [9.17, 15) is 4.79 Å². The van der Waals surface area contributed by atoms with Crippen molar-refractivity contribution >= 4 is 5.97 Å². The molecule has 13 heavy (non-hydrogen) atoms. The maximum atomic E-state index is 10.7. The molecule has 0 bridgehead atoms. The highest BCUT2D eigenvalue weighted by Crippen LogP contribution is 2.19. The minimum absolute atomic E-state index is 0.490. The number of ether oxygens (including phenoxy) is 1. The standard InChI is InChI=1S/C10H18O3/c1-4-5-7-13-8-6-10(2,3)9(11)12/h4-5H,6-8H2,1-3H3,(H,11,12). The number of hydrogen-bond acceptors (Lipinski definition) is 2. The number of rotatable bonds is 6. The summed E-state index contributed by atoms with van der Waals surface area (Å²) in [5, 5.41) is 8.77. The second kappa shape index (κ2) is 5.75. The Morgan fingerprint density at radius 2 is 2.15 bits per heavy atom. The van der Waals surface area contributed by atoms with E-state index in [-0.39, 0.29) is 0 Å². The van der Waals surface area contributed by atoms with Crippen molar-refractivity contribution in [3.63, 3.8) is 0 Å². The third-order valence-corrected chi connectivity index (χ3v) is 1.90. The molecule has 0 aliphatic heterocycles. The molecule has 0 fully saturated rings. The Morgan fingerprint density at radius 1 is 1.54 bits per heavy atom. The molecule has 0 aromatic rings. The first-order valence-corrected chi connectivity index (χ1v) is 4.43. The summed E-state index contributed by atoms with van der Waals surface area (Å²) in [5.41, 5.74) is -0.685. The van der Waals surface area contributed by atoms with Gasteiger partial charge in [-0.15, -0.1) is 0 Å². The number of aliphatic carboxylic acids is 1. The molecule has 0 saturated heterocycles. The van der Waals surface area contributed by atoms with Crippen molar-refractivity contribution in [2.24, 2.45) is 5.41 Å². The Morgan fingerprint density at radius 3 is 2.62 bits per heavy atom. The van der Waals surface area contributed by atoms with Gasteiger partial charge >= 0.3 is 5.97 Å². The molecular weight excluding hydrogens is 168 g/mol. The molecule has 3 heteroatoms. The van der Waals surface area contributed by atoms with E-state index in [0.29, 0.717) is 19.6 Å². The predicted octanol–water partition coefficient (Wildman–Crippen LogP) is 2.08. The van der Waals surface area contributed by atoms with Crippen LogP contribution in [0.4, 0.5) is 0 Å². The number of allylic oxidation sites excluding steroid dienone is 1. The van der Waals surface area contributed by atoms with E-state index in [2.05, 4.69) is 0 Å². The van der Waals surface area contributed by atoms with Crippen molar-refractivity contribution in [1.29, 1.82) is 0 Å². The van der Waals surface area contributed by atoms with Gasteiger partial charge in [0.25, 0.3) is 0 Å². The van der Waals surface area contributed by atoms with E-state index in [1.54, 1.807) is 13.8 Å². The lowest BCUT2D eigenvalue weighted by Gasteiger charge is -2.18. The lowest BCUT2D eigenvalue weighted by atomic mass is 9.90. The largest absolute Gasteiger partial charge is 0.481 e. The SMILES string of the molecule is CC=CCOCCC(C)(C)C(=O)O. The second-order valence-corrected chi connectivity index (χ2v) is 3.58. The van der Waals surface area contributed by atoms with Crippen LogP contribution in [0.5, 0.6) is 0 Å². The van der Waals surface area contributed by atoms with Crippen molar-refractivity contribution in [2.45, 2.75) is 27.2 Å². The van der Waals surface area contributed by atoms with Gasteiger partial charge in [0.1, 0.15) is 0 Å². The van der Waals surface area contributed by atoms with Crippen LogP contribution in [-0.2, 0) is 9.53 Å². The van der Waals surface area contributed by atoms with E-state index in [4.69, 9.17) is 9.84 Å². The highest BCUT2D eigenvalue weighted by molar-refractivity contribution is 5.73. The fourth-order valence-corrected chi connectivity index (χ4v) is 0.682. The Balaban J connectivity index is 3.58. The molecule has 0 aromatic carbocycles. The number of carbonyl (C=O) groups is 1. The molecule has 1 N–H and O–H groups in total. The third kappa shape index (κ3) is 5.42. The molecule has 0 aliphatic rings. The van der Waals surface area contributed by atoms with E-state index >= 15 is 0 Å². The summed E-state index contributed by atoms with van der Waals surface area (Å²) in [6, 6.07) is 0. The Bertz CT molecular complexity index is 183. The minimum atomic E-state index is -0.776. The van der Waals surface area contributed by atoms with E-state index in [0.717, 1.165) is 0 Å². The van der Waals surface area contributed by atoms with Crippen LogP contribution in [-0.4, -0.2) is 24.3 Å². The molecule has 0 heterocycles. The zero-order valence-electron chi connectivity index (χ0n) is 8.54. The van der Waals surface area contributed by atoms with E-state index < -0.39 is 11.4 Å². The molecule has 0 radical (unpaired) electrons. The van der Waals surface area contributed by atoms with Gasteiger partial charge in [-0.25, -0.2) is 0 Å². The molecule has 0 aliphatic carbocycles. The maximum absolute atomic E-state index is 10.7. The van der Waals surface area contributed by atoms with E-state index in [1.165, 1.54) is 0 Å². The third-order valence-electron chi connectivity index (χ3n) is 1.90. The van der Waals surface area contributed by atoms with Crippen LogP contribution in [0.3, 0.4) is 0 Å². The van der Waals surface area contributed by atoms with Gasteiger partial charge < -0.3 is 9.84 Å². The Labute approximate surface area is 79.4 Å². The van der Waals surface area contributed by atoms with Gasteiger partial charge in [0.05, 0.1) is 12.0 Å². The molecule has 3 nitrogen and oxygen atoms in total. The van der Waals surface area contributed by atoms with Crippen LogP contribution in [0.25, 0.3) is 0 Å². The average molecular weight is 186 g/mol. The van der Waals surface area contributed by atoms with Gasteiger partial charge in [-0.1, -0.05) is 12.2 Å². The van der Waals surface area contributed by atoms with Crippen molar-refractivity contribution in [2.75, 3.05) is 13.2 Å². The highest BCUT2D eigenvalue weighted by atomic mass is 16.5. The van der Waals surface area contributed by atoms with Crippen LogP contribution in [0, 0.1) is 5.41 Å². The molecule has 0 spiro atoms. The van der Waals surface area contributed by atoms with Gasteiger partial charge in [-0.05, 0) is 27.2 Å². The number of hydrogen-bond donors (Lipinski definition) is 1. The van der Waals surface area contributed by atoms with Crippen LogP contribution in [0.2, 0.25) is 0 Å². The fourth-order valence-electron chi connectivity index (χ4n) is 0.682. The van der Waals surface area contributed by atoms with Crippen molar-refractivity contribution < 1.29 is 14.6 Å². The molecule has 76 valence electrons. The highest BCUT2D eigenvalue weighted by Gasteiger charge is 2.26. The molecule has 0 unspecified atom stereocenters. The summed E-state index contributed by atoms with van der Waals surface area (Å²) < 4.78 is 5.21. The first-order valence-electron chi connectivity index (χ1n) is 4.43. The normalized spacial score (nSPS) is 12.2. The van der Waals surface area contributed by atoms with E-state index in [1.807, 2.05) is 19.1 Å². The van der Waals surface area contributed by atoms with Crippen molar-refractivity contribution in [3.8, 4) is 0 Å². The fraction of sp³-hybridized carbons (Fsp3) is 0.700. The molecular formula is C10H18O3. The van der Waals surface area contributed by atoms with Crippen LogP contribution < -0.4 is 0 Å².